The molecule has 0 aromatic heterocycles. The second kappa shape index (κ2) is 14.1. The van der Waals surface area contributed by atoms with Gasteiger partial charge in [0.05, 0.1) is 50.8 Å². The van der Waals surface area contributed by atoms with Crippen LogP contribution in [0.15, 0.2) is 12.1 Å². The summed E-state index contributed by atoms with van der Waals surface area (Å²) in [5.74, 6) is -2.53. The molecule has 0 atom stereocenters. The first-order chi connectivity index (χ1) is 13.5. The smallest absolute Gasteiger partial charge is 0.336 e. The summed E-state index contributed by atoms with van der Waals surface area (Å²) in [4.78, 5) is 23.2. The van der Waals surface area contributed by atoms with Gasteiger partial charge in [-0.05, 0) is 43.9 Å². The molecular weight excluding hydrogens is 368 g/mol. The maximum Gasteiger partial charge on any atom is 0.336 e. The van der Waals surface area contributed by atoms with E-state index in [-0.39, 0.29) is 17.7 Å². The van der Waals surface area contributed by atoms with E-state index in [1.165, 1.54) is 6.07 Å². The van der Waals surface area contributed by atoms with Gasteiger partial charge in [0.2, 0.25) is 0 Å². The number of carboxylic acid groups (broad SMARTS) is 2. The molecule has 0 aliphatic rings. The van der Waals surface area contributed by atoms with Gasteiger partial charge in [-0.2, -0.15) is 0 Å². The van der Waals surface area contributed by atoms with E-state index in [4.69, 9.17) is 18.9 Å². The lowest BCUT2D eigenvalue weighted by Gasteiger charge is -2.15. The van der Waals surface area contributed by atoms with E-state index in [0.717, 1.165) is 5.56 Å². The Hall–Kier alpha value is -2.00. The highest BCUT2D eigenvalue weighted by molar-refractivity contribution is 6.03. The zero-order chi connectivity index (χ0) is 20.8. The Morgan fingerprint density at radius 2 is 1.29 bits per heavy atom. The summed E-state index contributed by atoms with van der Waals surface area (Å²) in [7, 11) is 0. The van der Waals surface area contributed by atoms with Gasteiger partial charge in [-0.15, -0.1) is 0 Å². The number of ether oxygens (including phenoxy) is 4. The predicted molar refractivity (Wildman–Crippen MR) is 102 cm³/mol. The van der Waals surface area contributed by atoms with Gasteiger partial charge < -0.3 is 29.2 Å². The van der Waals surface area contributed by atoms with Crippen LogP contribution in [0.25, 0.3) is 0 Å². The van der Waals surface area contributed by atoms with Crippen molar-refractivity contribution in [3.63, 3.8) is 0 Å². The molecule has 0 saturated heterocycles. The number of hydrogen-bond acceptors (Lipinski definition) is 6. The molecule has 0 radical (unpaired) electrons. The summed E-state index contributed by atoms with van der Waals surface area (Å²) >= 11 is 0. The first kappa shape index (κ1) is 24.0. The van der Waals surface area contributed by atoms with Crippen molar-refractivity contribution in [1.82, 2.24) is 0 Å². The number of carboxylic acids is 2. The summed E-state index contributed by atoms with van der Waals surface area (Å²) < 4.78 is 21.4. The summed E-state index contributed by atoms with van der Waals surface area (Å²) in [6.07, 6.45) is 0.768. The Kier molecular flexibility index (Phi) is 12.1. The van der Waals surface area contributed by atoms with E-state index in [2.05, 4.69) is 0 Å². The van der Waals surface area contributed by atoms with E-state index in [1.54, 1.807) is 6.07 Å². The first-order valence-electron chi connectivity index (χ1n) is 9.45. The molecule has 28 heavy (non-hydrogen) atoms. The van der Waals surface area contributed by atoms with Crippen molar-refractivity contribution < 1.29 is 38.7 Å². The third-order valence-corrected chi connectivity index (χ3v) is 4.02. The minimum absolute atomic E-state index is 0.187. The van der Waals surface area contributed by atoms with Crippen molar-refractivity contribution in [2.75, 3.05) is 52.9 Å². The quantitative estimate of drug-likeness (QED) is 0.408. The highest BCUT2D eigenvalue weighted by Crippen LogP contribution is 2.22. The molecule has 0 aliphatic heterocycles. The highest BCUT2D eigenvalue weighted by atomic mass is 16.5. The molecule has 1 aromatic rings. The van der Waals surface area contributed by atoms with Gasteiger partial charge in [0.25, 0.3) is 0 Å². The molecule has 158 valence electrons. The summed E-state index contributed by atoms with van der Waals surface area (Å²) in [6.45, 7) is 7.46. The average Bonchev–Trinajstić information content (AvgIpc) is 2.67. The topological polar surface area (TPSA) is 112 Å². The molecule has 8 nitrogen and oxygen atoms in total. The zero-order valence-electron chi connectivity index (χ0n) is 16.6. The summed E-state index contributed by atoms with van der Waals surface area (Å²) in [5.41, 5.74) is 0.801. The second-order valence-electron chi connectivity index (χ2n) is 5.85. The predicted octanol–water partition coefficient (Wildman–Crippen LogP) is 2.27. The van der Waals surface area contributed by atoms with Crippen molar-refractivity contribution in [3.8, 4) is 0 Å². The van der Waals surface area contributed by atoms with Crippen LogP contribution in [0.1, 0.15) is 45.7 Å². The molecule has 0 spiro atoms. The largest absolute Gasteiger partial charge is 0.478 e. The Bertz CT molecular complexity index is 614. The van der Waals surface area contributed by atoms with Crippen LogP contribution in [0.3, 0.4) is 0 Å². The Morgan fingerprint density at radius 1 is 0.750 bits per heavy atom. The van der Waals surface area contributed by atoms with Crippen LogP contribution in [0.4, 0.5) is 0 Å². The Morgan fingerprint density at radius 3 is 1.79 bits per heavy atom. The Labute approximate surface area is 165 Å². The molecule has 0 heterocycles. The molecule has 1 rings (SSSR count). The lowest BCUT2D eigenvalue weighted by Crippen LogP contribution is -2.17. The number of carbonyl (C=O) groups is 2. The average molecular weight is 398 g/mol. The molecule has 1 aromatic carbocycles. The van der Waals surface area contributed by atoms with Gasteiger partial charge in [0.1, 0.15) is 0 Å². The van der Waals surface area contributed by atoms with Gasteiger partial charge >= 0.3 is 11.9 Å². The molecule has 0 unspecified atom stereocenters. The molecule has 0 aliphatic carbocycles. The fraction of sp³-hybridized carbons (Fsp3) is 0.600. The van der Waals surface area contributed by atoms with Gasteiger partial charge in [0, 0.05) is 13.2 Å². The molecule has 0 saturated carbocycles. The zero-order valence-corrected chi connectivity index (χ0v) is 16.6. The molecule has 0 amide bonds. The maximum absolute atomic E-state index is 11.7. The monoisotopic (exact) mass is 398 g/mol. The SMILES string of the molecule is CCOCCOCCc1ccc(C(=O)O)c(C(=O)O)c1CCOCCOCC. The van der Waals surface area contributed by atoms with Crippen molar-refractivity contribution in [3.05, 3.63) is 34.4 Å². The molecule has 0 bridgehead atoms. The number of rotatable bonds is 16. The minimum Gasteiger partial charge on any atom is -0.478 e. The second-order valence-corrected chi connectivity index (χ2v) is 5.85. The molecule has 2 N–H and O–H groups in total. The first-order valence-corrected chi connectivity index (χ1v) is 9.45. The lowest BCUT2D eigenvalue weighted by atomic mass is 9.92. The molecular formula is C20H30O8. The van der Waals surface area contributed by atoms with E-state index in [9.17, 15) is 19.8 Å². The van der Waals surface area contributed by atoms with Crippen LogP contribution in [-0.4, -0.2) is 75.0 Å². The van der Waals surface area contributed by atoms with Crippen molar-refractivity contribution in [2.24, 2.45) is 0 Å². The molecule has 0 fully saturated rings. The minimum atomic E-state index is -1.27. The number of hydrogen-bond donors (Lipinski definition) is 2. The van der Waals surface area contributed by atoms with Gasteiger partial charge in [-0.1, -0.05) is 6.07 Å². The maximum atomic E-state index is 11.7. The fourth-order valence-corrected chi connectivity index (χ4v) is 2.72. The van der Waals surface area contributed by atoms with Gasteiger partial charge in [-0.25, -0.2) is 9.59 Å². The van der Waals surface area contributed by atoms with E-state index in [0.29, 0.717) is 64.7 Å². The van der Waals surface area contributed by atoms with Crippen LogP contribution >= 0.6 is 0 Å². The van der Waals surface area contributed by atoms with Gasteiger partial charge in [-0.3, -0.25) is 0 Å². The van der Waals surface area contributed by atoms with Crippen LogP contribution < -0.4 is 0 Å². The van der Waals surface area contributed by atoms with Gasteiger partial charge in [0.15, 0.2) is 0 Å². The third kappa shape index (κ3) is 8.35. The standard InChI is InChI=1S/C20H30O8/c1-3-25-11-13-27-9-7-15-5-6-17(19(21)22)18(20(23)24)16(15)8-10-28-14-12-26-4-2/h5-6H,3-4,7-14H2,1-2H3,(H,21,22)(H,23,24). The lowest BCUT2D eigenvalue weighted by molar-refractivity contribution is 0.0525. The van der Waals surface area contributed by atoms with Crippen LogP contribution in [-0.2, 0) is 31.8 Å². The summed E-state index contributed by atoms with van der Waals surface area (Å²) in [5, 5.41) is 18.9. The fourth-order valence-electron chi connectivity index (χ4n) is 2.72. The normalized spacial score (nSPS) is 10.9. The van der Waals surface area contributed by atoms with Crippen molar-refractivity contribution in [2.45, 2.75) is 26.7 Å². The van der Waals surface area contributed by atoms with E-state index >= 15 is 0 Å². The third-order valence-electron chi connectivity index (χ3n) is 4.02. The number of aromatic carboxylic acids is 2. The van der Waals surface area contributed by atoms with Crippen LogP contribution in [0, 0.1) is 0 Å². The summed E-state index contributed by atoms with van der Waals surface area (Å²) in [6, 6.07) is 2.98. The van der Waals surface area contributed by atoms with Crippen molar-refractivity contribution in [1.29, 1.82) is 0 Å². The Balaban J connectivity index is 2.85. The van der Waals surface area contributed by atoms with E-state index < -0.39 is 11.9 Å². The number of benzene rings is 1. The van der Waals surface area contributed by atoms with Crippen LogP contribution in [0.2, 0.25) is 0 Å². The van der Waals surface area contributed by atoms with Crippen LogP contribution in [0.5, 0.6) is 0 Å². The van der Waals surface area contributed by atoms with E-state index in [1.807, 2.05) is 13.8 Å². The highest BCUT2D eigenvalue weighted by Gasteiger charge is 2.22. The molecule has 8 heteroatoms. The van der Waals surface area contributed by atoms with Crippen molar-refractivity contribution >= 4 is 11.9 Å².